The topological polar surface area (TPSA) is 57.5 Å². The Morgan fingerprint density at radius 3 is 2.44 bits per heavy atom. The third-order valence-electron chi connectivity index (χ3n) is 3.01. The van der Waals surface area contributed by atoms with E-state index in [4.69, 9.17) is 0 Å². The molecule has 0 saturated heterocycles. The van der Waals surface area contributed by atoms with E-state index in [1.54, 1.807) is 6.92 Å². The zero-order chi connectivity index (χ0) is 12.6. The second-order valence-electron chi connectivity index (χ2n) is 5.49. The van der Waals surface area contributed by atoms with Gasteiger partial charge in [-0.1, -0.05) is 13.8 Å². The van der Waals surface area contributed by atoms with Gasteiger partial charge in [-0.05, 0) is 25.7 Å². The van der Waals surface area contributed by atoms with Crippen LogP contribution in [0.15, 0.2) is 17.4 Å². The smallest absolute Gasteiger partial charge is 0.160 e. The zero-order valence-electron chi connectivity index (χ0n) is 10.4. The predicted molar refractivity (Wildman–Crippen MR) is 61.9 cm³/mol. The lowest BCUT2D eigenvalue weighted by atomic mass is 9.65. The van der Waals surface area contributed by atoms with Gasteiger partial charge >= 0.3 is 0 Å². The minimum absolute atomic E-state index is 0.0924. The molecule has 2 atom stereocenters. The first-order chi connectivity index (χ1) is 7.15. The van der Waals surface area contributed by atoms with Gasteiger partial charge in [-0.25, -0.2) is 0 Å². The molecule has 0 aliphatic heterocycles. The molecule has 0 amide bonds. The highest BCUT2D eigenvalue weighted by Gasteiger charge is 2.44. The van der Waals surface area contributed by atoms with Crippen molar-refractivity contribution in [3.63, 3.8) is 0 Å². The Morgan fingerprint density at radius 1 is 1.44 bits per heavy atom. The van der Waals surface area contributed by atoms with E-state index in [1.807, 2.05) is 13.8 Å². The maximum Gasteiger partial charge on any atom is 0.160 e. The van der Waals surface area contributed by atoms with E-state index in [2.05, 4.69) is 5.73 Å². The Balaban J connectivity index is 3.22. The molecule has 0 radical (unpaired) electrons. The first kappa shape index (κ1) is 13.2. The highest BCUT2D eigenvalue weighted by atomic mass is 16.3. The molecule has 1 aliphatic carbocycles. The van der Waals surface area contributed by atoms with Gasteiger partial charge in [0.1, 0.15) is 0 Å². The Morgan fingerprint density at radius 2 is 2.00 bits per heavy atom. The van der Waals surface area contributed by atoms with E-state index in [9.17, 15) is 15.0 Å². The van der Waals surface area contributed by atoms with Crippen molar-refractivity contribution in [1.29, 1.82) is 0 Å². The van der Waals surface area contributed by atoms with Gasteiger partial charge in [-0.3, -0.25) is 4.79 Å². The summed E-state index contributed by atoms with van der Waals surface area (Å²) < 4.78 is 0. The van der Waals surface area contributed by atoms with Gasteiger partial charge in [0.25, 0.3) is 0 Å². The highest BCUT2D eigenvalue weighted by Crippen LogP contribution is 2.45. The molecule has 0 aromatic carbocycles. The molecule has 1 fully saturated rings. The van der Waals surface area contributed by atoms with Gasteiger partial charge in [0.15, 0.2) is 5.78 Å². The lowest BCUT2D eigenvalue weighted by Crippen LogP contribution is -2.45. The summed E-state index contributed by atoms with van der Waals surface area (Å²) in [5.74, 6) is -0.0924. The molecule has 0 heterocycles. The fourth-order valence-corrected chi connectivity index (χ4v) is 2.58. The van der Waals surface area contributed by atoms with Crippen molar-refractivity contribution >= 4 is 5.78 Å². The van der Waals surface area contributed by atoms with Crippen LogP contribution in [0.1, 0.15) is 40.5 Å². The number of aliphatic hydroxyl groups is 2. The van der Waals surface area contributed by atoms with Gasteiger partial charge in [-0.15, -0.1) is 5.73 Å². The Hall–Kier alpha value is -0.890. The van der Waals surface area contributed by atoms with Gasteiger partial charge in [0.2, 0.25) is 0 Å². The monoisotopic (exact) mass is 224 g/mol. The van der Waals surface area contributed by atoms with Crippen molar-refractivity contribution in [2.24, 2.45) is 5.41 Å². The van der Waals surface area contributed by atoms with Gasteiger partial charge in [0.05, 0.1) is 11.7 Å². The molecule has 0 bridgehead atoms. The summed E-state index contributed by atoms with van der Waals surface area (Å²) in [6.45, 7) is 7.00. The van der Waals surface area contributed by atoms with Crippen molar-refractivity contribution in [3.05, 3.63) is 17.4 Å². The average molecular weight is 224 g/mol. The molecule has 90 valence electrons. The maximum absolute atomic E-state index is 10.9. The molecule has 3 nitrogen and oxygen atoms in total. The fraction of sp³-hybridized carbons (Fsp3) is 0.692. The van der Waals surface area contributed by atoms with Crippen molar-refractivity contribution in [1.82, 2.24) is 0 Å². The van der Waals surface area contributed by atoms with Crippen LogP contribution in [0.3, 0.4) is 0 Å². The summed E-state index contributed by atoms with van der Waals surface area (Å²) in [5, 5.41) is 20.0. The SMILES string of the molecule is CC(=O)C=C=C1C(C)(C)C[C@H](O)C[C@]1(C)O. The van der Waals surface area contributed by atoms with Crippen LogP contribution in [0.5, 0.6) is 0 Å². The third kappa shape index (κ3) is 2.82. The number of hydrogen-bond donors (Lipinski definition) is 2. The molecule has 1 saturated carbocycles. The Bertz CT molecular complexity index is 337. The summed E-state index contributed by atoms with van der Waals surface area (Å²) in [7, 11) is 0. The van der Waals surface area contributed by atoms with Crippen LogP contribution in [0.25, 0.3) is 0 Å². The van der Waals surface area contributed by atoms with E-state index in [0.29, 0.717) is 18.4 Å². The number of rotatable bonds is 1. The van der Waals surface area contributed by atoms with Gasteiger partial charge < -0.3 is 10.2 Å². The largest absolute Gasteiger partial charge is 0.393 e. The molecular formula is C13H20O3. The molecule has 16 heavy (non-hydrogen) atoms. The molecule has 0 spiro atoms. The summed E-state index contributed by atoms with van der Waals surface area (Å²) in [6.07, 6.45) is 1.72. The second-order valence-corrected chi connectivity index (χ2v) is 5.49. The first-order valence-electron chi connectivity index (χ1n) is 5.54. The van der Waals surface area contributed by atoms with Crippen LogP contribution in [-0.2, 0) is 4.79 Å². The summed E-state index contributed by atoms with van der Waals surface area (Å²) in [6, 6.07) is 0. The minimum atomic E-state index is -1.09. The molecule has 0 aromatic heterocycles. The van der Waals surface area contributed by atoms with Crippen LogP contribution in [-0.4, -0.2) is 27.7 Å². The highest BCUT2D eigenvalue weighted by molar-refractivity contribution is 5.87. The lowest BCUT2D eigenvalue weighted by molar-refractivity contribution is -0.112. The second kappa shape index (κ2) is 4.17. The average Bonchev–Trinajstić information content (AvgIpc) is 1.96. The van der Waals surface area contributed by atoms with E-state index in [-0.39, 0.29) is 11.2 Å². The third-order valence-corrected chi connectivity index (χ3v) is 3.01. The minimum Gasteiger partial charge on any atom is -0.393 e. The van der Waals surface area contributed by atoms with Crippen molar-refractivity contribution in [3.8, 4) is 0 Å². The van der Waals surface area contributed by atoms with E-state index < -0.39 is 11.7 Å². The first-order valence-corrected chi connectivity index (χ1v) is 5.54. The van der Waals surface area contributed by atoms with Crippen LogP contribution < -0.4 is 0 Å². The predicted octanol–water partition coefficient (Wildman–Crippen LogP) is 1.59. The number of carbonyl (C=O) groups is 1. The quantitative estimate of drug-likeness (QED) is 0.525. The fourth-order valence-electron chi connectivity index (χ4n) is 2.58. The standard InChI is InChI=1S/C13H20O3/c1-9(14)5-6-11-12(2,3)7-10(15)8-13(11,4)16/h5,10,15-16H,7-8H2,1-4H3/t6?,10-,13-/m0/s1. The Labute approximate surface area is 96.5 Å². The van der Waals surface area contributed by atoms with Crippen molar-refractivity contribution in [2.75, 3.05) is 0 Å². The van der Waals surface area contributed by atoms with Gasteiger partial charge in [0, 0.05) is 18.1 Å². The van der Waals surface area contributed by atoms with Crippen molar-refractivity contribution in [2.45, 2.75) is 52.2 Å². The van der Waals surface area contributed by atoms with Crippen LogP contribution in [0, 0.1) is 5.41 Å². The number of ketones is 1. The van der Waals surface area contributed by atoms with E-state index in [1.165, 1.54) is 13.0 Å². The van der Waals surface area contributed by atoms with E-state index >= 15 is 0 Å². The normalized spacial score (nSPS) is 33.1. The van der Waals surface area contributed by atoms with Gasteiger partial charge in [-0.2, -0.15) is 0 Å². The Kier molecular flexibility index (Phi) is 3.44. The molecule has 3 heteroatoms. The molecule has 2 N–H and O–H groups in total. The zero-order valence-corrected chi connectivity index (χ0v) is 10.4. The number of carbonyl (C=O) groups excluding carboxylic acids is 1. The summed E-state index contributed by atoms with van der Waals surface area (Å²) >= 11 is 0. The molecule has 1 aliphatic rings. The number of hydrogen-bond acceptors (Lipinski definition) is 3. The molecule has 0 unspecified atom stereocenters. The maximum atomic E-state index is 10.9. The van der Waals surface area contributed by atoms with E-state index in [0.717, 1.165) is 0 Å². The van der Waals surface area contributed by atoms with Crippen molar-refractivity contribution < 1.29 is 15.0 Å². The summed E-state index contributed by atoms with van der Waals surface area (Å²) in [5.41, 5.74) is 2.17. The molecule has 1 rings (SSSR count). The summed E-state index contributed by atoms with van der Waals surface area (Å²) in [4.78, 5) is 10.9. The molecule has 0 aromatic rings. The van der Waals surface area contributed by atoms with Crippen LogP contribution in [0.2, 0.25) is 0 Å². The molecular weight excluding hydrogens is 204 g/mol. The lowest BCUT2D eigenvalue weighted by Gasteiger charge is -2.43. The van der Waals surface area contributed by atoms with Crippen LogP contribution >= 0.6 is 0 Å². The number of aliphatic hydroxyl groups excluding tert-OH is 1. The van der Waals surface area contributed by atoms with Crippen LogP contribution in [0.4, 0.5) is 0 Å².